The molecule has 0 aliphatic carbocycles. The molecule has 0 bridgehead atoms. The van der Waals surface area contributed by atoms with Gasteiger partial charge in [0.2, 0.25) is 0 Å². The van der Waals surface area contributed by atoms with Crippen LogP contribution >= 0.6 is 0 Å². The van der Waals surface area contributed by atoms with Crippen molar-refractivity contribution in [3.05, 3.63) is 65.7 Å². The van der Waals surface area contributed by atoms with Gasteiger partial charge in [0.25, 0.3) is 5.91 Å². The Kier molecular flexibility index (Phi) is 6.24. The number of fused-ring (bicyclic) bond motifs is 1. The Morgan fingerprint density at radius 3 is 2.70 bits per heavy atom. The zero-order chi connectivity index (χ0) is 19.2. The van der Waals surface area contributed by atoms with Gasteiger partial charge in [-0.15, -0.1) is 0 Å². The molecule has 1 aromatic heterocycles. The molecule has 3 N–H and O–H groups in total. The molecule has 0 radical (unpaired) electrons. The van der Waals surface area contributed by atoms with E-state index in [2.05, 4.69) is 34.3 Å². The summed E-state index contributed by atoms with van der Waals surface area (Å²) in [6.07, 6.45) is 5.59. The molecule has 2 unspecified atom stereocenters. The number of rotatable bonds is 8. The van der Waals surface area contributed by atoms with Crippen molar-refractivity contribution in [2.45, 2.75) is 32.6 Å². The number of amides is 1. The van der Waals surface area contributed by atoms with Crippen molar-refractivity contribution < 1.29 is 9.90 Å². The maximum Gasteiger partial charge on any atom is 0.251 e. The van der Waals surface area contributed by atoms with Crippen molar-refractivity contribution in [1.82, 2.24) is 15.3 Å². The number of nitrogens with one attached hydrogen (secondary N) is 2. The molecule has 142 valence electrons. The maximum absolute atomic E-state index is 12.3. The third-order valence-corrected chi connectivity index (χ3v) is 5.00. The highest BCUT2D eigenvalue weighted by atomic mass is 16.3. The fourth-order valence-electron chi connectivity index (χ4n) is 3.42. The van der Waals surface area contributed by atoms with Crippen LogP contribution in [0.4, 0.5) is 0 Å². The van der Waals surface area contributed by atoms with Crippen LogP contribution in [0.2, 0.25) is 0 Å². The van der Waals surface area contributed by atoms with Gasteiger partial charge in [-0.05, 0) is 40.8 Å². The van der Waals surface area contributed by atoms with Crippen LogP contribution in [-0.2, 0) is 0 Å². The molecule has 3 rings (SSSR count). The van der Waals surface area contributed by atoms with Gasteiger partial charge in [-0.1, -0.05) is 44.5 Å². The van der Waals surface area contributed by atoms with Gasteiger partial charge in [-0.3, -0.25) is 4.79 Å². The Morgan fingerprint density at radius 2 is 2.00 bits per heavy atom. The van der Waals surface area contributed by atoms with Crippen LogP contribution in [0.3, 0.4) is 0 Å². The number of carbonyl (C=O) groups excluding carboxylic acids is 1. The molecular weight excluding hydrogens is 338 g/mol. The topological polar surface area (TPSA) is 78.0 Å². The number of nitrogens with zero attached hydrogens (tertiary/aromatic N) is 1. The summed E-state index contributed by atoms with van der Waals surface area (Å²) in [5, 5.41) is 14.7. The zero-order valence-corrected chi connectivity index (χ0v) is 15.9. The van der Waals surface area contributed by atoms with Crippen LogP contribution in [0.15, 0.2) is 48.9 Å². The van der Waals surface area contributed by atoms with E-state index in [0.717, 1.165) is 34.9 Å². The predicted molar refractivity (Wildman–Crippen MR) is 108 cm³/mol. The van der Waals surface area contributed by atoms with Gasteiger partial charge in [-0.2, -0.15) is 0 Å². The van der Waals surface area contributed by atoms with Gasteiger partial charge in [0.1, 0.15) is 0 Å². The Morgan fingerprint density at radius 1 is 1.22 bits per heavy atom. The predicted octanol–water partition coefficient (Wildman–Crippen LogP) is 3.85. The van der Waals surface area contributed by atoms with Crippen molar-refractivity contribution in [2.24, 2.45) is 5.92 Å². The van der Waals surface area contributed by atoms with E-state index in [4.69, 9.17) is 0 Å². The van der Waals surface area contributed by atoms with Crippen LogP contribution in [0.1, 0.15) is 54.2 Å². The van der Waals surface area contributed by atoms with E-state index in [1.165, 1.54) is 0 Å². The summed E-state index contributed by atoms with van der Waals surface area (Å²) < 4.78 is 0. The van der Waals surface area contributed by atoms with Gasteiger partial charge in [0.15, 0.2) is 0 Å². The van der Waals surface area contributed by atoms with Crippen LogP contribution in [0.5, 0.6) is 0 Å². The summed E-state index contributed by atoms with van der Waals surface area (Å²) >= 11 is 0. The molecule has 0 fully saturated rings. The van der Waals surface area contributed by atoms with Crippen molar-refractivity contribution in [3.8, 4) is 0 Å². The van der Waals surface area contributed by atoms with Crippen molar-refractivity contribution in [3.63, 3.8) is 0 Å². The second kappa shape index (κ2) is 8.82. The summed E-state index contributed by atoms with van der Waals surface area (Å²) in [6, 6.07) is 12.0. The van der Waals surface area contributed by atoms with Crippen molar-refractivity contribution >= 4 is 16.7 Å². The van der Waals surface area contributed by atoms with Gasteiger partial charge < -0.3 is 15.4 Å². The number of imidazole rings is 1. The minimum atomic E-state index is -0.0299. The first kappa shape index (κ1) is 19.1. The summed E-state index contributed by atoms with van der Waals surface area (Å²) in [4.78, 5) is 19.7. The Hall–Kier alpha value is -2.66. The van der Waals surface area contributed by atoms with Gasteiger partial charge in [0, 0.05) is 30.8 Å². The van der Waals surface area contributed by atoms with E-state index in [-0.39, 0.29) is 24.3 Å². The minimum absolute atomic E-state index is 0.0164. The van der Waals surface area contributed by atoms with Crippen LogP contribution in [0, 0.1) is 5.92 Å². The van der Waals surface area contributed by atoms with Crippen LogP contribution in [-0.4, -0.2) is 34.1 Å². The second-order valence-electron chi connectivity index (χ2n) is 7.06. The van der Waals surface area contributed by atoms with E-state index in [0.29, 0.717) is 12.1 Å². The van der Waals surface area contributed by atoms with Crippen molar-refractivity contribution in [2.75, 3.05) is 13.2 Å². The number of hydrogen-bond donors (Lipinski definition) is 3. The second-order valence-corrected chi connectivity index (χ2v) is 7.06. The first-order valence-electron chi connectivity index (χ1n) is 9.55. The number of aromatic amines is 1. The molecule has 27 heavy (non-hydrogen) atoms. The summed E-state index contributed by atoms with van der Waals surface area (Å²) in [7, 11) is 0. The zero-order valence-electron chi connectivity index (χ0n) is 15.9. The van der Waals surface area contributed by atoms with E-state index >= 15 is 0 Å². The highest BCUT2D eigenvalue weighted by Gasteiger charge is 2.23. The molecule has 3 aromatic rings. The lowest BCUT2D eigenvalue weighted by atomic mass is 9.84. The largest absolute Gasteiger partial charge is 0.396 e. The normalized spacial score (nSPS) is 13.4. The fraction of sp³-hybridized carbons (Fsp3) is 0.364. The first-order chi connectivity index (χ1) is 13.1. The third-order valence-electron chi connectivity index (χ3n) is 5.00. The molecule has 0 aliphatic heterocycles. The first-order valence-corrected chi connectivity index (χ1v) is 9.55. The molecule has 1 heterocycles. The molecule has 0 saturated carbocycles. The van der Waals surface area contributed by atoms with E-state index in [9.17, 15) is 9.90 Å². The van der Waals surface area contributed by atoms with Crippen LogP contribution in [0.25, 0.3) is 10.8 Å². The van der Waals surface area contributed by atoms with E-state index in [1.54, 1.807) is 6.33 Å². The highest BCUT2D eigenvalue weighted by molar-refractivity contribution is 5.98. The molecule has 1 amide bonds. The molecule has 2 atom stereocenters. The maximum atomic E-state index is 12.3. The number of hydrogen-bond acceptors (Lipinski definition) is 3. The molecule has 0 aliphatic rings. The van der Waals surface area contributed by atoms with Crippen molar-refractivity contribution in [1.29, 1.82) is 0 Å². The number of carbonyl (C=O) groups is 1. The lowest BCUT2D eigenvalue weighted by Gasteiger charge is -2.21. The van der Waals surface area contributed by atoms with E-state index < -0.39 is 0 Å². The molecule has 5 nitrogen and oxygen atoms in total. The van der Waals surface area contributed by atoms with Gasteiger partial charge >= 0.3 is 0 Å². The smallest absolute Gasteiger partial charge is 0.251 e. The monoisotopic (exact) mass is 365 g/mol. The lowest BCUT2D eigenvalue weighted by molar-refractivity contribution is 0.0953. The molecule has 2 aromatic carbocycles. The van der Waals surface area contributed by atoms with Gasteiger partial charge in [-0.25, -0.2) is 4.98 Å². The van der Waals surface area contributed by atoms with Gasteiger partial charge in [0.05, 0.1) is 12.0 Å². The summed E-state index contributed by atoms with van der Waals surface area (Å²) in [5.74, 6) is 0.0368. The molecular formula is C22H27N3O2. The number of H-pyrrole nitrogens is 1. The summed E-state index contributed by atoms with van der Waals surface area (Å²) in [5.41, 5.74) is 2.71. The molecule has 5 heteroatoms. The number of benzene rings is 2. The number of unbranched alkanes of at least 4 members (excludes halogenated alkanes) is 1. The van der Waals surface area contributed by atoms with Crippen LogP contribution < -0.4 is 5.32 Å². The number of aromatic nitrogens is 2. The standard InChI is InChI=1S/C22H27N3O2/c1-3-4-9-24-22(27)19-8-6-16-10-18(7-5-17(16)11-19)21(15(2)13-26)20-12-23-14-25-20/h5-8,10-12,14-15,21,26H,3-4,9,13H2,1-2H3,(H,23,25)(H,24,27). The third kappa shape index (κ3) is 4.37. The SMILES string of the molecule is CCCCNC(=O)c1ccc2cc(C(c3c[nH]cn3)C(C)CO)ccc2c1. The summed E-state index contributed by atoms with van der Waals surface area (Å²) in [6.45, 7) is 4.92. The lowest BCUT2D eigenvalue weighted by Crippen LogP contribution is -2.24. The highest BCUT2D eigenvalue weighted by Crippen LogP contribution is 2.32. The quantitative estimate of drug-likeness (QED) is 0.531. The fourth-order valence-corrected chi connectivity index (χ4v) is 3.42. The Labute approximate surface area is 159 Å². The number of aliphatic hydroxyl groups is 1. The Bertz CT molecular complexity index is 890. The van der Waals surface area contributed by atoms with E-state index in [1.807, 2.05) is 37.4 Å². The number of aliphatic hydroxyl groups excluding tert-OH is 1. The average molecular weight is 365 g/mol. The Balaban J connectivity index is 1.89. The average Bonchev–Trinajstić information content (AvgIpc) is 3.21. The molecule has 0 spiro atoms. The minimum Gasteiger partial charge on any atom is -0.396 e. The molecule has 0 saturated heterocycles.